The fraction of sp³-hybridized carbons (Fsp3) is 0.467. The van der Waals surface area contributed by atoms with Gasteiger partial charge in [-0.3, -0.25) is 4.79 Å². The summed E-state index contributed by atoms with van der Waals surface area (Å²) in [5, 5.41) is 6.98. The molecule has 0 atom stereocenters. The Balaban J connectivity index is 0.00000161. The highest BCUT2D eigenvalue weighted by Crippen LogP contribution is 2.27. The Hall–Kier alpha value is -1.17. The zero-order valence-corrected chi connectivity index (χ0v) is 13.6. The number of hydrogen-bond acceptors (Lipinski definition) is 4. The maximum absolute atomic E-state index is 12.1. The molecule has 1 aliphatic heterocycles. The highest BCUT2D eigenvalue weighted by molar-refractivity contribution is 7.22. The lowest BCUT2D eigenvalue weighted by Crippen LogP contribution is -2.30. The summed E-state index contributed by atoms with van der Waals surface area (Å²) in [6.45, 7) is 4.12. The average Bonchev–Trinajstić information content (AvgIpc) is 2.80. The van der Waals surface area contributed by atoms with E-state index in [0.29, 0.717) is 17.5 Å². The number of carbonyl (C=O) groups excluding carboxylic acids is 1. The van der Waals surface area contributed by atoms with Gasteiger partial charge >= 0.3 is 0 Å². The summed E-state index contributed by atoms with van der Waals surface area (Å²) < 4.78 is 1.13. The van der Waals surface area contributed by atoms with Crippen molar-refractivity contribution in [2.45, 2.75) is 26.2 Å². The molecule has 2 aromatic rings. The monoisotopic (exact) mass is 325 g/mol. The molecule has 1 aromatic heterocycles. The van der Waals surface area contributed by atoms with Crippen LogP contribution in [0.4, 0.5) is 5.13 Å². The molecule has 0 spiro atoms. The summed E-state index contributed by atoms with van der Waals surface area (Å²) >= 11 is 1.55. The Morgan fingerprint density at radius 1 is 1.43 bits per heavy atom. The minimum absolute atomic E-state index is 0. The van der Waals surface area contributed by atoms with Crippen LogP contribution in [0.5, 0.6) is 0 Å². The van der Waals surface area contributed by atoms with Gasteiger partial charge in [-0.25, -0.2) is 4.98 Å². The lowest BCUT2D eigenvalue weighted by molar-refractivity contribution is -0.117. The molecule has 1 amide bonds. The maximum Gasteiger partial charge on any atom is 0.226 e. The predicted octanol–water partition coefficient (Wildman–Crippen LogP) is 3.35. The van der Waals surface area contributed by atoms with Crippen molar-refractivity contribution < 1.29 is 4.79 Å². The molecular formula is C15H20ClN3OS. The molecule has 1 aromatic carbocycles. The van der Waals surface area contributed by atoms with E-state index in [4.69, 9.17) is 0 Å². The first-order valence-corrected chi connectivity index (χ1v) is 7.90. The molecule has 1 aliphatic rings. The van der Waals surface area contributed by atoms with Crippen LogP contribution in [0.3, 0.4) is 0 Å². The number of nitrogens with one attached hydrogen (secondary N) is 2. The molecule has 4 nitrogen and oxygen atoms in total. The van der Waals surface area contributed by atoms with Crippen molar-refractivity contribution in [3.05, 3.63) is 23.8 Å². The topological polar surface area (TPSA) is 54.0 Å². The Bertz CT molecular complexity index is 622. The van der Waals surface area contributed by atoms with Gasteiger partial charge in [0.05, 0.1) is 10.2 Å². The second-order valence-electron chi connectivity index (χ2n) is 5.44. The number of amides is 1. The Kier molecular flexibility index (Phi) is 5.56. The van der Waals surface area contributed by atoms with Crippen LogP contribution in [0, 0.1) is 12.8 Å². The summed E-state index contributed by atoms with van der Waals surface area (Å²) in [4.78, 5) is 16.5. The maximum atomic E-state index is 12.1. The van der Waals surface area contributed by atoms with Gasteiger partial charge in [-0.2, -0.15) is 0 Å². The van der Waals surface area contributed by atoms with E-state index in [9.17, 15) is 4.79 Å². The van der Waals surface area contributed by atoms with Gasteiger partial charge in [-0.05, 0) is 56.5 Å². The van der Waals surface area contributed by atoms with Crippen LogP contribution in [0.1, 0.15) is 24.8 Å². The highest BCUT2D eigenvalue weighted by Gasteiger charge is 2.17. The highest BCUT2D eigenvalue weighted by atomic mass is 35.5. The minimum Gasteiger partial charge on any atom is -0.317 e. The number of halogens is 1. The Morgan fingerprint density at radius 3 is 2.95 bits per heavy atom. The normalized spacial score (nSPS) is 15.7. The standard InChI is InChI=1S/C15H19N3OS.ClH/c1-10-2-3-12-13(8-10)20-15(17-12)18-14(19)9-11-4-6-16-7-5-11;/h2-3,8,11,16H,4-7,9H2,1H3,(H,17,18,19);1H. The first-order valence-electron chi connectivity index (χ1n) is 7.08. The van der Waals surface area contributed by atoms with Crippen LogP contribution in [0.25, 0.3) is 10.2 Å². The first kappa shape index (κ1) is 16.2. The number of thiazole rings is 1. The predicted molar refractivity (Wildman–Crippen MR) is 90.4 cm³/mol. The SMILES string of the molecule is Cc1ccc2nc(NC(=O)CC3CCNCC3)sc2c1.Cl. The van der Waals surface area contributed by atoms with E-state index < -0.39 is 0 Å². The number of anilines is 1. The fourth-order valence-electron chi connectivity index (χ4n) is 2.60. The third-order valence-corrected chi connectivity index (χ3v) is 4.66. The molecular weight excluding hydrogens is 306 g/mol. The average molecular weight is 326 g/mol. The van der Waals surface area contributed by atoms with Gasteiger partial charge in [0, 0.05) is 6.42 Å². The number of hydrogen-bond donors (Lipinski definition) is 2. The second-order valence-corrected chi connectivity index (χ2v) is 6.47. The van der Waals surface area contributed by atoms with Crippen LogP contribution < -0.4 is 10.6 Å². The summed E-state index contributed by atoms with van der Waals surface area (Å²) in [6, 6.07) is 6.15. The van der Waals surface area contributed by atoms with Gasteiger partial charge in [0.15, 0.2) is 5.13 Å². The van der Waals surface area contributed by atoms with Gasteiger partial charge in [-0.1, -0.05) is 17.4 Å². The minimum atomic E-state index is 0. The van der Waals surface area contributed by atoms with Gasteiger partial charge in [-0.15, -0.1) is 12.4 Å². The summed E-state index contributed by atoms with van der Waals surface area (Å²) in [5.74, 6) is 0.598. The molecule has 0 saturated carbocycles. The van der Waals surface area contributed by atoms with E-state index in [1.807, 2.05) is 12.1 Å². The van der Waals surface area contributed by atoms with Gasteiger partial charge in [0.1, 0.15) is 0 Å². The Morgan fingerprint density at radius 2 is 2.19 bits per heavy atom. The van der Waals surface area contributed by atoms with Crippen molar-refractivity contribution in [1.82, 2.24) is 10.3 Å². The summed E-state index contributed by atoms with van der Waals surface area (Å²) in [7, 11) is 0. The van der Waals surface area contributed by atoms with Crippen molar-refractivity contribution >= 4 is 45.0 Å². The quantitative estimate of drug-likeness (QED) is 0.910. The van der Waals surface area contributed by atoms with E-state index >= 15 is 0 Å². The number of rotatable bonds is 3. The van der Waals surface area contributed by atoms with Gasteiger partial charge in [0.25, 0.3) is 0 Å². The number of fused-ring (bicyclic) bond motifs is 1. The molecule has 1 fully saturated rings. The molecule has 2 heterocycles. The van der Waals surface area contributed by atoms with Crippen molar-refractivity contribution in [2.75, 3.05) is 18.4 Å². The van der Waals surface area contributed by atoms with Crippen molar-refractivity contribution in [3.8, 4) is 0 Å². The number of piperidine rings is 1. The third-order valence-electron chi connectivity index (χ3n) is 3.72. The largest absolute Gasteiger partial charge is 0.317 e. The molecule has 0 aliphatic carbocycles. The summed E-state index contributed by atoms with van der Waals surface area (Å²) in [6.07, 6.45) is 2.79. The molecule has 21 heavy (non-hydrogen) atoms. The molecule has 3 rings (SSSR count). The number of aromatic nitrogens is 1. The molecule has 6 heteroatoms. The van der Waals surface area contributed by atoms with E-state index in [2.05, 4.69) is 28.6 Å². The second kappa shape index (κ2) is 7.20. The van der Waals surface area contributed by atoms with E-state index in [1.165, 1.54) is 5.56 Å². The third kappa shape index (κ3) is 4.15. The molecule has 1 saturated heterocycles. The van der Waals surface area contributed by atoms with Crippen LogP contribution in [-0.4, -0.2) is 24.0 Å². The van der Waals surface area contributed by atoms with E-state index in [-0.39, 0.29) is 18.3 Å². The molecule has 2 N–H and O–H groups in total. The van der Waals surface area contributed by atoms with Gasteiger partial charge in [0.2, 0.25) is 5.91 Å². The van der Waals surface area contributed by atoms with E-state index in [1.54, 1.807) is 11.3 Å². The Labute approximate surface area is 134 Å². The molecule has 0 radical (unpaired) electrons. The number of nitrogens with zero attached hydrogens (tertiary/aromatic N) is 1. The van der Waals surface area contributed by atoms with Crippen LogP contribution >= 0.6 is 23.7 Å². The zero-order chi connectivity index (χ0) is 13.9. The lowest BCUT2D eigenvalue weighted by atomic mass is 9.94. The molecule has 114 valence electrons. The van der Waals surface area contributed by atoms with Crippen molar-refractivity contribution in [3.63, 3.8) is 0 Å². The number of carbonyl (C=O) groups is 1. The first-order chi connectivity index (χ1) is 9.70. The van der Waals surface area contributed by atoms with Crippen LogP contribution in [0.2, 0.25) is 0 Å². The zero-order valence-electron chi connectivity index (χ0n) is 12.0. The van der Waals surface area contributed by atoms with Crippen molar-refractivity contribution in [1.29, 1.82) is 0 Å². The smallest absolute Gasteiger partial charge is 0.226 e. The van der Waals surface area contributed by atoms with Gasteiger partial charge < -0.3 is 10.6 Å². The van der Waals surface area contributed by atoms with Crippen LogP contribution in [0.15, 0.2) is 18.2 Å². The fourth-order valence-corrected chi connectivity index (χ4v) is 3.58. The molecule has 0 unspecified atom stereocenters. The summed E-state index contributed by atoms with van der Waals surface area (Å²) in [5.41, 5.74) is 2.17. The van der Waals surface area contributed by atoms with E-state index in [0.717, 1.165) is 36.1 Å². The van der Waals surface area contributed by atoms with Crippen LogP contribution in [-0.2, 0) is 4.79 Å². The number of benzene rings is 1. The lowest BCUT2D eigenvalue weighted by Gasteiger charge is -2.21. The van der Waals surface area contributed by atoms with Crippen molar-refractivity contribution in [2.24, 2.45) is 5.92 Å². The molecule has 0 bridgehead atoms. The number of aryl methyl sites for hydroxylation is 1.